The maximum absolute atomic E-state index is 11.3. The molecule has 1 aliphatic rings. The molecule has 0 aliphatic carbocycles. The molecule has 1 radical (unpaired) electrons. The highest BCUT2D eigenvalue weighted by Gasteiger charge is 2.52. The number of ether oxygens (including phenoxy) is 5. The number of carbonyl (C=O) groups is 3. The Kier molecular flexibility index (Phi) is 6.72. The highest BCUT2D eigenvalue weighted by atomic mass is 16.7. The molecule has 1 N–H and O–H groups in total. The van der Waals surface area contributed by atoms with Crippen molar-refractivity contribution in [1.29, 1.82) is 0 Å². The largest absolute Gasteiger partial charge is 0.456 e. The minimum absolute atomic E-state index is 0.639. The van der Waals surface area contributed by atoms with Gasteiger partial charge < -0.3 is 28.8 Å². The summed E-state index contributed by atoms with van der Waals surface area (Å²) in [5.74, 6) is -2.04. The predicted octanol–water partition coefficient (Wildman–Crippen LogP) is -0.313. The van der Waals surface area contributed by atoms with Crippen LogP contribution in [0.1, 0.15) is 20.8 Å². The van der Waals surface area contributed by atoms with E-state index in [1.54, 1.807) is 0 Å². The first kappa shape index (κ1) is 18.3. The summed E-state index contributed by atoms with van der Waals surface area (Å²) >= 11 is 0. The SMILES string of the molecule is COC1O[C@H]([CH]O)[C@@H](OC(C)=O)[C@H](OC(C)=O)[C@H]1OC(C)=O. The van der Waals surface area contributed by atoms with Crippen LogP contribution < -0.4 is 0 Å². The molecule has 0 saturated carbocycles. The molecule has 0 aromatic heterocycles. The molecule has 0 bridgehead atoms. The van der Waals surface area contributed by atoms with Gasteiger partial charge in [-0.15, -0.1) is 0 Å². The van der Waals surface area contributed by atoms with E-state index < -0.39 is 48.6 Å². The lowest BCUT2D eigenvalue weighted by Crippen LogP contribution is -2.61. The minimum Gasteiger partial charge on any atom is -0.456 e. The maximum atomic E-state index is 11.3. The zero-order valence-electron chi connectivity index (χ0n) is 12.7. The Morgan fingerprint density at radius 1 is 0.909 bits per heavy atom. The van der Waals surface area contributed by atoms with Crippen molar-refractivity contribution in [3.8, 4) is 0 Å². The first-order valence-electron chi connectivity index (χ1n) is 6.47. The Hall–Kier alpha value is -1.71. The predicted molar refractivity (Wildman–Crippen MR) is 68.6 cm³/mol. The van der Waals surface area contributed by atoms with Gasteiger partial charge in [0.25, 0.3) is 0 Å². The third-order valence-electron chi connectivity index (χ3n) is 2.82. The van der Waals surface area contributed by atoms with Gasteiger partial charge >= 0.3 is 17.9 Å². The molecule has 22 heavy (non-hydrogen) atoms. The second-order valence-electron chi connectivity index (χ2n) is 4.58. The number of carbonyl (C=O) groups excluding carboxylic acids is 3. The Labute approximate surface area is 127 Å². The van der Waals surface area contributed by atoms with E-state index in [0.717, 1.165) is 20.8 Å². The van der Waals surface area contributed by atoms with Gasteiger partial charge in [-0.2, -0.15) is 0 Å². The molecule has 0 aromatic rings. The quantitative estimate of drug-likeness (QED) is 0.537. The monoisotopic (exact) mass is 319 g/mol. The summed E-state index contributed by atoms with van der Waals surface area (Å²) in [5.41, 5.74) is 0. The number of aliphatic hydroxyl groups is 1. The second kappa shape index (κ2) is 8.06. The maximum Gasteiger partial charge on any atom is 0.303 e. The van der Waals surface area contributed by atoms with E-state index in [9.17, 15) is 19.5 Å². The van der Waals surface area contributed by atoms with E-state index in [1.165, 1.54) is 7.11 Å². The van der Waals surface area contributed by atoms with E-state index >= 15 is 0 Å². The molecule has 9 nitrogen and oxygen atoms in total. The topological polar surface area (TPSA) is 118 Å². The van der Waals surface area contributed by atoms with Gasteiger partial charge in [0.05, 0.1) is 0 Å². The molecule has 0 aromatic carbocycles. The fraction of sp³-hybridized carbons (Fsp3) is 0.692. The summed E-state index contributed by atoms with van der Waals surface area (Å²) in [6.07, 6.45) is -5.79. The zero-order chi connectivity index (χ0) is 16.9. The van der Waals surface area contributed by atoms with Crippen molar-refractivity contribution < 1.29 is 43.2 Å². The lowest BCUT2D eigenvalue weighted by molar-refractivity contribution is -0.296. The minimum atomic E-state index is -1.20. The van der Waals surface area contributed by atoms with Crippen molar-refractivity contribution >= 4 is 17.9 Å². The number of esters is 3. The third kappa shape index (κ3) is 4.65. The number of aliphatic hydroxyl groups excluding tert-OH is 1. The standard InChI is InChI=1S/C13H19O9/c1-6(15)19-10-9(5-14)22-13(18-4)12(21-8(3)17)11(10)20-7(2)16/h5,9-14H,1-4H3/t9-,10-,11+,12-,13?/m1/s1. The van der Waals surface area contributed by atoms with E-state index in [-0.39, 0.29) is 0 Å². The van der Waals surface area contributed by atoms with Gasteiger partial charge in [-0.3, -0.25) is 14.4 Å². The van der Waals surface area contributed by atoms with E-state index in [0.29, 0.717) is 6.61 Å². The lowest BCUT2D eigenvalue weighted by Gasteiger charge is -2.43. The third-order valence-corrected chi connectivity index (χ3v) is 2.82. The van der Waals surface area contributed by atoms with Crippen molar-refractivity contribution in [2.75, 3.05) is 7.11 Å². The average Bonchev–Trinajstić information content (AvgIpc) is 2.41. The normalized spacial score (nSPS) is 31.2. The lowest BCUT2D eigenvalue weighted by atomic mass is 9.98. The molecule has 0 amide bonds. The molecule has 9 heteroatoms. The van der Waals surface area contributed by atoms with Gasteiger partial charge in [0.15, 0.2) is 24.6 Å². The van der Waals surface area contributed by atoms with Crippen molar-refractivity contribution in [1.82, 2.24) is 0 Å². The van der Waals surface area contributed by atoms with Crippen LogP contribution in [0.4, 0.5) is 0 Å². The molecular weight excluding hydrogens is 300 g/mol. The molecule has 5 atom stereocenters. The zero-order valence-corrected chi connectivity index (χ0v) is 12.7. The highest BCUT2D eigenvalue weighted by molar-refractivity contribution is 5.68. The van der Waals surface area contributed by atoms with Crippen LogP contribution in [-0.2, 0) is 38.1 Å². The summed E-state index contributed by atoms with van der Waals surface area (Å²) < 4.78 is 25.6. The Morgan fingerprint density at radius 2 is 1.36 bits per heavy atom. The van der Waals surface area contributed by atoms with Crippen LogP contribution in [0, 0.1) is 6.61 Å². The van der Waals surface area contributed by atoms with E-state index in [1.807, 2.05) is 0 Å². The van der Waals surface area contributed by atoms with Crippen molar-refractivity contribution in [3.05, 3.63) is 6.61 Å². The van der Waals surface area contributed by atoms with Crippen LogP contribution in [0.2, 0.25) is 0 Å². The van der Waals surface area contributed by atoms with Crippen molar-refractivity contribution in [2.45, 2.75) is 51.5 Å². The first-order chi connectivity index (χ1) is 10.3. The molecule has 1 rings (SSSR count). The Bertz CT molecular complexity index is 392. The molecule has 125 valence electrons. The van der Waals surface area contributed by atoms with Crippen LogP contribution in [0.25, 0.3) is 0 Å². The molecule has 1 saturated heterocycles. The summed E-state index contributed by atoms with van der Waals surface area (Å²) in [6.45, 7) is 4.08. The van der Waals surface area contributed by atoms with E-state index in [4.69, 9.17) is 23.7 Å². The van der Waals surface area contributed by atoms with Gasteiger partial charge in [-0.05, 0) is 0 Å². The number of hydrogen-bond donors (Lipinski definition) is 1. The Morgan fingerprint density at radius 3 is 1.77 bits per heavy atom. The fourth-order valence-electron chi connectivity index (χ4n) is 2.11. The van der Waals surface area contributed by atoms with Gasteiger partial charge in [0, 0.05) is 27.9 Å². The van der Waals surface area contributed by atoms with Gasteiger partial charge in [0.1, 0.15) is 12.7 Å². The van der Waals surface area contributed by atoms with Crippen LogP contribution in [-0.4, -0.2) is 60.8 Å². The average molecular weight is 319 g/mol. The molecule has 1 aliphatic heterocycles. The van der Waals surface area contributed by atoms with Crippen LogP contribution in [0.5, 0.6) is 0 Å². The van der Waals surface area contributed by atoms with Gasteiger partial charge in [-0.25, -0.2) is 0 Å². The molecule has 1 heterocycles. The van der Waals surface area contributed by atoms with Crippen LogP contribution in [0.3, 0.4) is 0 Å². The van der Waals surface area contributed by atoms with E-state index in [2.05, 4.69) is 0 Å². The van der Waals surface area contributed by atoms with Crippen molar-refractivity contribution in [3.63, 3.8) is 0 Å². The highest BCUT2D eigenvalue weighted by Crippen LogP contribution is 2.29. The van der Waals surface area contributed by atoms with Crippen LogP contribution in [0.15, 0.2) is 0 Å². The fourth-order valence-corrected chi connectivity index (χ4v) is 2.11. The summed E-state index contributed by atoms with van der Waals surface area (Å²) in [4.78, 5) is 33.8. The van der Waals surface area contributed by atoms with Crippen LogP contribution >= 0.6 is 0 Å². The molecule has 0 spiro atoms. The molecular formula is C13H19O9. The first-order valence-corrected chi connectivity index (χ1v) is 6.47. The molecule has 1 unspecified atom stereocenters. The molecule has 1 fully saturated rings. The number of rotatable bonds is 5. The summed E-state index contributed by atoms with van der Waals surface area (Å²) in [5, 5.41) is 9.26. The van der Waals surface area contributed by atoms with Crippen molar-refractivity contribution in [2.24, 2.45) is 0 Å². The summed E-state index contributed by atoms with van der Waals surface area (Å²) in [6, 6.07) is 0. The second-order valence-corrected chi connectivity index (χ2v) is 4.58. The number of hydrogen-bond acceptors (Lipinski definition) is 9. The smallest absolute Gasteiger partial charge is 0.303 e. The number of methoxy groups -OCH3 is 1. The van der Waals surface area contributed by atoms with Gasteiger partial charge in [0.2, 0.25) is 0 Å². The summed E-state index contributed by atoms with van der Waals surface area (Å²) in [7, 11) is 1.28. The van der Waals surface area contributed by atoms with Gasteiger partial charge in [-0.1, -0.05) is 0 Å². The Balaban J connectivity index is 3.14.